The van der Waals surface area contributed by atoms with E-state index in [0.29, 0.717) is 35.7 Å². The minimum atomic E-state index is 0.115. The summed E-state index contributed by atoms with van der Waals surface area (Å²) in [6.07, 6.45) is 58.5. The Bertz CT molecular complexity index is 2140. The molecule has 9 aliphatic carbocycles. The van der Waals surface area contributed by atoms with Crippen LogP contribution in [-0.2, 0) is 24.0 Å². The van der Waals surface area contributed by atoms with Crippen LogP contribution in [0.25, 0.3) is 0 Å². The molecule has 10 rings (SSSR count). The van der Waals surface area contributed by atoms with E-state index in [0.717, 1.165) is 158 Å². The van der Waals surface area contributed by atoms with Crippen molar-refractivity contribution >= 4 is 29.5 Å². The van der Waals surface area contributed by atoms with E-state index in [4.69, 9.17) is 0 Å². The molecule has 0 aromatic heterocycles. The molecular weight excluding hydrogens is 1330 g/mol. The lowest BCUT2D eigenvalue weighted by molar-refractivity contribution is -0.137. The van der Waals surface area contributed by atoms with Crippen LogP contribution in [0.3, 0.4) is 0 Å². The summed E-state index contributed by atoms with van der Waals surface area (Å²) in [5.74, 6) is 19.4. The molecule has 1 aliphatic heterocycles. The third-order valence-corrected chi connectivity index (χ3v) is 28.0. The second-order valence-electron chi connectivity index (χ2n) is 40.6. The van der Waals surface area contributed by atoms with Crippen LogP contribution in [0.15, 0.2) is 0 Å². The van der Waals surface area contributed by atoms with Crippen molar-refractivity contribution in [3.63, 3.8) is 0 Å². The van der Waals surface area contributed by atoms with Gasteiger partial charge in [-0.2, -0.15) is 0 Å². The molecule has 10 fully saturated rings. The number of amides is 5. The van der Waals surface area contributed by atoms with Crippen molar-refractivity contribution in [1.29, 1.82) is 0 Å². The number of carbonyl (C=O) groups excluding carboxylic acids is 5. The van der Waals surface area contributed by atoms with Crippen molar-refractivity contribution < 1.29 is 24.0 Å². The summed E-state index contributed by atoms with van der Waals surface area (Å²) in [7, 11) is 3.45. The molecule has 0 aromatic carbocycles. The monoisotopic (exact) mass is 1520 g/mol. The zero-order chi connectivity index (χ0) is 80.7. The number of rotatable bonds is 16. The van der Waals surface area contributed by atoms with Crippen LogP contribution in [0.4, 0.5) is 0 Å². The smallest absolute Gasteiger partial charge is 0.225 e. The van der Waals surface area contributed by atoms with Crippen LogP contribution in [0, 0.1) is 130 Å². The Morgan fingerprint density at radius 2 is 0.630 bits per heavy atom. The minimum Gasteiger partial charge on any atom is -0.359 e. The highest BCUT2D eigenvalue weighted by Gasteiger charge is 2.31. The summed E-state index contributed by atoms with van der Waals surface area (Å²) in [6.45, 7) is 49.8. The van der Waals surface area contributed by atoms with Gasteiger partial charge in [-0.25, -0.2) is 0 Å². The molecule has 9 saturated carbocycles. The van der Waals surface area contributed by atoms with Crippen molar-refractivity contribution in [3.05, 3.63) is 0 Å². The lowest BCUT2D eigenvalue weighted by atomic mass is 9.75. The molecular formula is C98H189N5O5. The van der Waals surface area contributed by atoms with E-state index >= 15 is 0 Å². The van der Waals surface area contributed by atoms with Gasteiger partial charge in [-0.1, -0.05) is 235 Å². The van der Waals surface area contributed by atoms with Gasteiger partial charge in [-0.3, -0.25) is 24.0 Å². The predicted molar refractivity (Wildman–Crippen MR) is 468 cm³/mol. The first-order valence-corrected chi connectivity index (χ1v) is 47.5. The van der Waals surface area contributed by atoms with Crippen LogP contribution >= 0.6 is 0 Å². The molecule has 108 heavy (non-hydrogen) atoms. The average molecular weight is 1520 g/mol. The van der Waals surface area contributed by atoms with Crippen molar-refractivity contribution in [2.45, 2.75) is 440 Å². The van der Waals surface area contributed by atoms with E-state index in [-0.39, 0.29) is 29.5 Å². The first-order valence-electron chi connectivity index (χ1n) is 47.5. The number of hydrogen-bond acceptors (Lipinski definition) is 5. The first kappa shape index (κ1) is 101. The van der Waals surface area contributed by atoms with Crippen LogP contribution in [-0.4, -0.2) is 73.7 Å². The molecule has 4 N–H and O–H groups in total. The van der Waals surface area contributed by atoms with Gasteiger partial charge < -0.3 is 26.2 Å². The highest BCUT2D eigenvalue weighted by atomic mass is 16.2. The molecule has 0 radical (unpaired) electrons. The maximum atomic E-state index is 12.2. The van der Waals surface area contributed by atoms with E-state index in [1.54, 1.807) is 21.0 Å². The highest BCUT2D eigenvalue weighted by molar-refractivity contribution is 5.80. The Labute approximate surface area is 673 Å². The highest BCUT2D eigenvalue weighted by Crippen LogP contribution is 2.39. The van der Waals surface area contributed by atoms with Gasteiger partial charge in [0.1, 0.15) is 0 Å². The normalized spacial score (nSPS) is 31.9. The lowest BCUT2D eigenvalue weighted by Crippen LogP contribution is -2.40. The zero-order valence-electron chi connectivity index (χ0n) is 76.4. The fourth-order valence-electron chi connectivity index (χ4n) is 19.3. The molecule has 0 spiro atoms. The molecule has 1 saturated heterocycles. The Morgan fingerprint density at radius 1 is 0.343 bits per heavy atom. The molecule has 2 atom stereocenters. The zero-order valence-corrected chi connectivity index (χ0v) is 76.4. The maximum absolute atomic E-state index is 12.2. The van der Waals surface area contributed by atoms with Gasteiger partial charge in [0.15, 0.2) is 0 Å². The first-order chi connectivity index (χ1) is 51.2. The third kappa shape index (κ3) is 47.9. The number of nitrogens with zero attached hydrogens (tertiary/aromatic N) is 1. The van der Waals surface area contributed by atoms with E-state index in [9.17, 15) is 24.0 Å². The molecule has 10 nitrogen and oxygen atoms in total. The summed E-state index contributed by atoms with van der Waals surface area (Å²) in [6, 6.07) is 0.912. The Balaban J connectivity index is 0.000000414. The SMILES string of the molecule is CC(=O)NC1CCC(C)CC1.CC(C)CCC1CCC(C)CC1.CC(C)C[C@@H](C)C1CCC(C)CC1.CC(C)C[C@H](C)C1CCC(C)CC1.CC1CCC(C(=O)N2CCCCC2)CC1.CC1CCC(NC(=O)C(C)C)CC1.CCC1CCC(C)CC1.CNC(=O)C1CCC(C)CC1.CNC(=O)C1CCC(C)CC1. The van der Waals surface area contributed by atoms with Gasteiger partial charge in [0, 0.05) is 69.9 Å². The van der Waals surface area contributed by atoms with Gasteiger partial charge in [0.05, 0.1) is 0 Å². The molecule has 0 bridgehead atoms. The van der Waals surface area contributed by atoms with Crippen LogP contribution < -0.4 is 21.3 Å². The lowest BCUT2D eigenvalue weighted by Gasteiger charge is -2.33. The summed E-state index contributed by atoms with van der Waals surface area (Å²) in [4.78, 5) is 58.7. The van der Waals surface area contributed by atoms with Crippen molar-refractivity contribution in [2.24, 2.45) is 130 Å². The molecule has 0 aromatic rings. The third-order valence-electron chi connectivity index (χ3n) is 28.0. The van der Waals surface area contributed by atoms with Crippen LogP contribution in [0.5, 0.6) is 0 Å². The fraction of sp³-hybridized carbons (Fsp3) is 0.949. The molecule has 10 heteroatoms. The van der Waals surface area contributed by atoms with Crippen molar-refractivity contribution in [3.8, 4) is 0 Å². The maximum Gasteiger partial charge on any atom is 0.225 e. The number of nitrogens with one attached hydrogen (secondary N) is 4. The van der Waals surface area contributed by atoms with E-state index in [2.05, 4.69) is 151 Å². The van der Waals surface area contributed by atoms with Crippen LogP contribution in [0.1, 0.15) is 428 Å². The molecule has 5 amide bonds. The summed E-state index contributed by atoms with van der Waals surface area (Å²) in [5, 5.41) is 11.5. The van der Waals surface area contributed by atoms with Gasteiger partial charge in [0.2, 0.25) is 29.5 Å². The summed E-state index contributed by atoms with van der Waals surface area (Å²) < 4.78 is 0. The predicted octanol–water partition coefficient (Wildman–Crippen LogP) is 26.4. The average Bonchev–Trinajstić information content (AvgIpc) is 0.866. The second kappa shape index (κ2) is 59.1. The minimum absolute atomic E-state index is 0.115. The Hall–Kier alpha value is -2.65. The number of hydrogen-bond donors (Lipinski definition) is 4. The van der Waals surface area contributed by atoms with Crippen molar-refractivity contribution in [1.82, 2.24) is 26.2 Å². The number of piperidine rings is 1. The Kier molecular flexibility index (Phi) is 55.5. The number of likely N-dealkylation sites (tertiary alicyclic amines) is 1. The van der Waals surface area contributed by atoms with Gasteiger partial charge in [0.25, 0.3) is 0 Å². The summed E-state index contributed by atoms with van der Waals surface area (Å²) >= 11 is 0. The number of carbonyl (C=O) groups is 5. The van der Waals surface area contributed by atoms with E-state index in [1.165, 1.54) is 244 Å². The fourth-order valence-corrected chi connectivity index (χ4v) is 19.3. The summed E-state index contributed by atoms with van der Waals surface area (Å²) in [5.41, 5.74) is 0. The molecule has 1 heterocycles. The van der Waals surface area contributed by atoms with Gasteiger partial charge in [-0.15, -0.1) is 0 Å². The van der Waals surface area contributed by atoms with Gasteiger partial charge in [-0.05, 0) is 293 Å². The molecule has 10 aliphatic rings. The quantitative estimate of drug-likeness (QED) is 0.122. The topological polar surface area (TPSA) is 137 Å². The van der Waals surface area contributed by atoms with Crippen molar-refractivity contribution in [2.75, 3.05) is 27.2 Å². The van der Waals surface area contributed by atoms with E-state index in [1.807, 2.05) is 13.8 Å². The largest absolute Gasteiger partial charge is 0.359 e. The van der Waals surface area contributed by atoms with E-state index < -0.39 is 0 Å². The second-order valence-corrected chi connectivity index (χ2v) is 40.6. The standard InChI is InChI=1S/C13H23NO.2C13H26.C12H24.C11H21NO.3C9H17NO.C9H18/c1-11-5-7-12(8-6-11)13(15)14-9-3-2-4-10-14;2*1-10(2)9-12(4)13-7-5-11(3)6-8-13;1-10(2)4-7-12-8-5-11(3)6-9-12;1-8(2)11(13)12-10-6-4-9(3)5-7-10;2*1-7-3-5-8(6-4-7)9(11)10-2;1-7-3-5-9(6-4-7)10-8(2)11;1-3-9-6-4-8(2)5-7-9/h11-12H,2-10H2,1H3;2*10-13H,5-9H2,1-4H3;10-12H,4-9H2,1-3H3;8-10H,4-7H2,1-3H3,(H,12,13);2*7-8H,3-6H2,1-2H3,(H,10,11);7,9H,3-6H2,1-2H3,(H,10,11);8-9H,3-7H2,1-2H3/t;2*11?,12-,13?;;;;;;/m.10....../s1. The van der Waals surface area contributed by atoms with Gasteiger partial charge >= 0.3 is 0 Å². The molecule has 0 unspecified atom stereocenters. The Morgan fingerprint density at radius 3 is 0.917 bits per heavy atom. The van der Waals surface area contributed by atoms with Crippen LogP contribution in [0.2, 0.25) is 0 Å². The molecule has 636 valence electrons.